The van der Waals surface area contributed by atoms with E-state index in [0.29, 0.717) is 13.2 Å². The van der Waals surface area contributed by atoms with Crippen LogP contribution in [0.1, 0.15) is 11.4 Å². The highest BCUT2D eigenvalue weighted by molar-refractivity contribution is 5.55. The van der Waals surface area contributed by atoms with E-state index < -0.39 is 0 Å². The van der Waals surface area contributed by atoms with Gasteiger partial charge in [0.25, 0.3) is 0 Å². The van der Waals surface area contributed by atoms with Gasteiger partial charge in [-0.15, -0.1) is 0 Å². The van der Waals surface area contributed by atoms with Crippen LogP contribution in [0.2, 0.25) is 0 Å². The summed E-state index contributed by atoms with van der Waals surface area (Å²) in [4.78, 5) is 13.1. The first-order valence-corrected chi connectivity index (χ1v) is 9.00. The number of rotatable bonds is 8. The van der Waals surface area contributed by atoms with Gasteiger partial charge in [-0.25, -0.2) is 4.98 Å². The highest BCUT2D eigenvalue weighted by atomic mass is 16.5. The van der Waals surface area contributed by atoms with Crippen LogP contribution in [0, 0.1) is 6.92 Å². The second-order valence-electron chi connectivity index (χ2n) is 6.48. The first kappa shape index (κ1) is 18.1. The molecule has 0 atom stereocenters. The average Bonchev–Trinajstić information content (AvgIpc) is 3.01. The number of benzene rings is 1. The molecule has 2 N–H and O–H groups in total. The van der Waals surface area contributed by atoms with Crippen LogP contribution in [0.4, 0.5) is 0 Å². The molecule has 1 aromatic carbocycles. The highest BCUT2D eigenvalue weighted by Gasteiger charge is 2.19. The average molecular weight is 344 g/mol. The van der Waals surface area contributed by atoms with Crippen molar-refractivity contribution >= 4 is 0 Å². The normalized spacial score (nSPS) is 16.4. The maximum Gasteiger partial charge on any atom is 0.137 e. The van der Waals surface area contributed by atoms with Gasteiger partial charge in [-0.05, 0) is 6.92 Å². The van der Waals surface area contributed by atoms with Crippen molar-refractivity contribution in [3.05, 3.63) is 41.7 Å². The van der Waals surface area contributed by atoms with Crippen LogP contribution >= 0.6 is 0 Å². The monoisotopic (exact) mass is 344 g/mol. The molecule has 6 nitrogen and oxygen atoms in total. The van der Waals surface area contributed by atoms with Crippen molar-refractivity contribution in [2.75, 3.05) is 52.5 Å². The summed E-state index contributed by atoms with van der Waals surface area (Å²) in [6, 6.07) is 10.3. The number of hydrogen-bond donors (Lipinski definition) is 2. The first-order valence-electron chi connectivity index (χ1n) is 9.00. The van der Waals surface area contributed by atoms with Gasteiger partial charge in [0, 0.05) is 50.5 Å². The Morgan fingerprint density at radius 1 is 1.08 bits per heavy atom. The zero-order valence-electron chi connectivity index (χ0n) is 14.9. The summed E-state index contributed by atoms with van der Waals surface area (Å²) < 4.78 is 5.35. The molecule has 25 heavy (non-hydrogen) atoms. The lowest BCUT2D eigenvalue weighted by Gasteiger charge is -2.34. The molecule has 0 amide bonds. The van der Waals surface area contributed by atoms with Crippen molar-refractivity contribution in [3.63, 3.8) is 0 Å². The molecule has 0 bridgehead atoms. The Kier molecular flexibility index (Phi) is 6.58. The molecular weight excluding hydrogens is 316 g/mol. The first-order chi connectivity index (χ1) is 12.3. The number of aliphatic hydroxyl groups is 1. The molecule has 1 aliphatic rings. The topological polar surface area (TPSA) is 64.6 Å². The Morgan fingerprint density at radius 3 is 2.52 bits per heavy atom. The van der Waals surface area contributed by atoms with Gasteiger partial charge in [-0.1, -0.05) is 30.3 Å². The fraction of sp³-hybridized carbons (Fsp3) is 0.526. The van der Waals surface area contributed by atoms with E-state index in [0.717, 1.165) is 62.0 Å². The van der Waals surface area contributed by atoms with Crippen molar-refractivity contribution in [1.29, 1.82) is 0 Å². The van der Waals surface area contributed by atoms with Crippen molar-refractivity contribution in [3.8, 4) is 11.4 Å². The summed E-state index contributed by atoms with van der Waals surface area (Å²) in [5, 5.41) is 8.72. The van der Waals surface area contributed by atoms with Crippen molar-refractivity contribution in [1.82, 2.24) is 19.8 Å². The Morgan fingerprint density at radius 2 is 1.80 bits per heavy atom. The van der Waals surface area contributed by atoms with Gasteiger partial charge >= 0.3 is 0 Å². The number of aromatic nitrogens is 2. The second-order valence-corrected chi connectivity index (χ2v) is 6.48. The maximum atomic E-state index is 8.72. The molecule has 2 heterocycles. The number of ether oxygens (including phenoxy) is 1. The predicted octanol–water partition coefficient (Wildman–Crippen LogP) is 1.51. The van der Waals surface area contributed by atoms with Gasteiger partial charge in [0.15, 0.2) is 0 Å². The molecule has 2 aromatic rings. The summed E-state index contributed by atoms with van der Waals surface area (Å²) in [6.07, 6.45) is 0. The quantitative estimate of drug-likeness (QED) is 0.711. The second kappa shape index (κ2) is 9.10. The largest absolute Gasteiger partial charge is 0.394 e. The van der Waals surface area contributed by atoms with E-state index in [2.05, 4.69) is 33.8 Å². The van der Waals surface area contributed by atoms with E-state index in [1.807, 2.05) is 18.2 Å². The summed E-state index contributed by atoms with van der Waals surface area (Å²) in [5.41, 5.74) is 3.42. The number of aliphatic hydroxyl groups excluding tert-OH is 1. The van der Waals surface area contributed by atoms with E-state index in [1.54, 1.807) is 0 Å². The van der Waals surface area contributed by atoms with E-state index in [4.69, 9.17) is 14.8 Å². The minimum Gasteiger partial charge on any atom is -0.394 e. The molecule has 3 rings (SSSR count). The third-order valence-electron chi connectivity index (χ3n) is 4.66. The minimum absolute atomic E-state index is 0.0990. The number of nitrogens with one attached hydrogen (secondary N) is 1. The number of hydrogen-bond acceptors (Lipinski definition) is 5. The maximum absolute atomic E-state index is 8.72. The van der Waals surface area contributed by atoms with Crippen LogP contribution in [0.5, 0.6) is 0 Å². The summed E-state index contributed by atoms with van der Waals surface area (Å²) in [6.45, 7) is 9.36. The molecule has 1 aromatic heterocycles. The van der Waals surface area contributed by atoms with E-state index in [1.165, 1.54) is 0 Å². The zero-order valence-corrected chi connectivity index (χ0v) is 14.9. The van der Waals surface area contributed by atoms with Crippen molar-refractivity contribution < 1.29 is 9.84 Å². The van der Waals surface area contributed by atoms with Crippen LogP contribution in [0.25, 0.3) is 11.4 Å². The Labute approximate surface area is 149 Å². The van der Waals surface area contributed by atoms with E-state index in [9.17, 15) is 0 Å². The van der Waals surface area contributed by atoms with Gasteiger partial charge in [-0.3, -0.25) is 9.80 Å². The minimum atomic E-state index is 0.0990. The number of piperazine rings is 1. The third kappa shape index (κ3) is 5.12. The summed E-state index contributed by atoms with van der Waals surface area (Å²) in [5.74, 6) is 0.952. The Bertz CT molecular complexity index is 636. The predicted molar refractivity (Wildman–Crippen MR) is 98.4 cm³/mol. The number of imidazole rings is 1. The number of nitrogens with zero attached hydrogens (tertiary/aromatic N) is 3. The molecule has 1 aliphatic heterocycles. The third-order valence-corrected chi connectivity index (χ3v) is 4.66. The van der Waals surface area contributed by atoms with Crippen LogP contribution in [0.3, 0.4) is 0 Å². The Hall–Kier alpha value is -1.73. The van der Waals surface area contributed by atoms with E-state index in [-0.39, 0.29) is 6.61 Å². The lowest BCUT2D eigenvalue weighted by Crippen LogP contribution is -2.46. The van der Waals surface area contributed by atoms with Gasteiger partial charge in [0.05, 0.1) is 25.5 Å². The molecule has 0 saturated carbocycles. The smallest absolute Gasteiger partial charge is 0.137 e. The molecule has 136 valence electrons. The van der Waals surface area contributed by atoms with Crippen LogP contribution in [0.15, 0.2) is 30.3 Å². The van der Waals surface area contributed by atoms with Crippen LogP contribution in [-0.2, 0) is 11.3 Å². The SMILES string of the molecule is Cc1[nH]c(-c2ccccc2)nc1CN1CCN(CCOCCO)CC1. The van der Waals surface area contributed by atoms with Gasteiger partial charge in [0.2, 0.25) is 0 Å². The molecule has 0 radical (unpaired) electrons. The summed E-state index contributed by atoms with van der Waals surface area (Å²) in [7, 11) is 0. The molecule has 1 fully saturated rings. The van der Waals surface area contributed by atoms with Gasteiger partial charge in [0.1, 0.15) is 5.82 Å². The number of aromatic amines is 1. The fourth-order valence-electron chi connectivity index (χ4n) is 3.13. The molecule has 1 saturated heterocycles. The number of H-pyrrole nitrogens is 1. The van der Waals surface area contributed by atoms with Crippen molar-refractivity contribution in [2.24, 2.45) is 0 Å². The highest BCUT2D eigenvalue weighted by Crippen LogP contribution is 2.19. The molecular formula is C19H28N4O2. The Balaban J connectivity index is 1.48. The standard InChI is InChI=1S/C19H28N4O2/c1-16-18(21-19(20-16)17-5-3-2-4-6-17)15-23-9-7-22(8-10-23)11-13-25-14-12-24/h2-6,24H,7-15H2,1H3,(H,20,21). The molecule has 6 heteroatoms. The lowest BCUT2D eigenvalue weighted by molar-refractivity contribution is 0.0561. The molecule has 0 aliphatic carbocycles. The van der Waals surface area contributed by atoms with Crippen molar-refractivity contribution in [2.45, 2.75) is 13.5 Å². The molecule has 0 unspecified atom stereocenters. The zero-order chi connectivity index (χ0) is 17.5. The lowest BCUT2D eigenvalue weighted by atomic mass is 10.2. The fourth-order valence-corrected chi connectivity index (χ4v) is 3.13. The van der Waals surface area contributed by atoms with Gasteiger partial charge in [-0.2, -0.15) is 0 Å². The number of aryl methyl sites for hydroxylation is 1. The molecule has 0 spiro atoms. The van der Waals surface area contributed by atoms with Crippen LogP contribution < -0.4 is 0 Å². The van der Waals surface area contributed by atoms with Crippen LogP contribution in [-0.4, -0.2) is 77.4 Å². The summed E-state index contributed by atoms with van der Waals surface area (Å²) >= 11 is 0. The van der Waals surface area contributed by atoms with Gasteiger partial charge < -0.3 is 14.8 Å². The van der Waals surface area contributed by atoms with E-state index >= 15 is 0 Å².